The average Bonchev–Trinajstić information content (AvgIpc) is 3.26. The number of carbonyl (C=O) groups excluding carboxylic acids is 3. The van der Waals surface area contributed by atoms with E-state index >= 15 is 0 Å². The Morgan fingerprint density at radius 2 is 0.639 bits per heavy atom. The molecule has 0 aromatic rings. The Morgan fingerprint density at radius 3 is 1.07 bits per heavy atom. The van der Waals surface area contributed by atoms with Crippen molar-refractivity contribution in [2.45, 2.75) is 245 Å². The molecule has 0 unspecified atom stereocenters. The number of allylic oxidation sites excluding steroid dienone is 12. The Kier molecular flexibility index (Phi) is 46.9. The Morgan fingerprint density at radius 1 is 0.344 bits per heavy atom. The van der Waals surface area contributed by atoms with Gasteiger partial charge in [0.1, 0.15) is 13.2 Å². The van der Waals surface area contributed by atoms with Crippen molar-refractivity contribution in [3.63, 3.8) is 0 Å². The van der Waals surface area contributed by atoms with Crippen molar-refractivity contribution in [2.24, 2.45) is 0 Å². The number of esters is 3. The van der Waals surface area contributed by atoms with E-state index in [1.807, 2.05) is 0 Å². The molecule has 0 fully saturated rings. The first kappa shape index (κ1) is 57.9. The van der Waals surface area contributed by atoms with Crippen LogP contribution in [0.1, 0.15) is 239 Å². The monoisotopic (exact) mass is 851 g/mol. The van der Waals surface area contributed by atoms with Gasteiger partial charge in [-0.3, -0.25) is 14.4 Å². The molecule has 0 spiro atoms. The molecule has 0 amide bonds. The van der Waals surface area contributed by atoms with E-state index in [1.165, 1.54) is 89.9 Å². The van der Waals surface area contributed by atoms with Crippen LogP contribution in [0.15, 0.2) is 72.9 Å². The quantitative estimate of drug-likeness (QED) is 0.0263. The van der Waals surface area contributed by atoms with Gasteiger partial charge in [-0.05, 0) is 89.9 Å². The topological polar surface area (TPSA) is 78.9 Å². The highest BCUT2D eigenvalue weighted by Gasteiger charge is 2.19. The van der Waals surface area contributed by atoms with Crippen LogP contribution in [0.4, 0.5) is 0 Å². The van der Waals surface area contributed by atoms with Gasteiger partial charge in [0.05, 0.1) is 0 Å². The van der Waals surface area contributed by atoms with Gasteiger partial charge in [0.15, 0.2) is 6.10 Å². The third kappa shape index (κ3) is 47.7. The maximum absolute atomic E-state index is 12.8. The third-order valence-electron chi connectivity index (χ3n) is 10.7. The lowest BCUT2D eigenvalue weighted by molar-refractivity contribution is -0.167. The molecular weight excluding hydrogens is 757 g/mol. The first-order chi connectivity index (χ1) is 30.0. The second-order valence-corrected chi connectivity index (χ2v) is 16.7. The molecule has 0 aliphatic carbocycles. The van der Waals surface area contributed by atoms with Crippen LogP contribution in [0.25, 0.3) is 0 Å². The van der Waals surface area contributed by atoms with Gasteiger partial charge in [-0.25, -0.2) is 0 Å². The van der Waals surface area contributed by atoms with Gasteiger partial charge in [-0.1, -0.05) is 203 Å². The molecule has 350 valence electrons. The maximum atomic E-state index is 12.8. The van der Waals surface area contributed by atoms with E-state index in [0.29, 0.717) is 19.3 Å². The average molecular weight is 851 g/mol. The Hall–Kier alpha value is -3.15. The van der Waals surface area contributed by atoms with E-state index in [2.05, 4.69) is 93.7 Å². The zero-order chi connectivity index (χ0) is 44.4. The van der Waals surface area contributed by atoms with Crippen molar-refractivity contribution >= 4 is 17.9 Å². The maximum Gasteiger partial charge on any atom is 0.306 e. The lowest BCUT2D eigenvalue weighted by Gasteiger charge is -2.18. The summed E-state index contributed by atoms with van der Waals surface area (Å²) in [6, 6.07) is 0. The predicted octanol–water partition coefficient (Wildman–Crippen LogP) is 16.6. The van der Waals surface area contributed by atoms with E-state index in [9.17, 15) is 14.4 Å². The van der Waals surface area contributed by atoms with Crippen molar-refractivity contribution in [2.75, 3.05) is 13.2 Å². The summed E-state index contributed by atoms with van der Waals surface area (Å²) < 4.78 is 16.7. The van der Waals surface area contributed by atoms with Crippen molar-refractivity contribution < 1.29 is 28.6 Å². The summed E-state index contributed by atoms with van der Waals surface area (Å²) in [4.78, 5) is 37.9. The van der Waals surface area contributed by atoms with E-state index in [-0.39, 0.29) is 31.1 Å². The molecule has 6 nitrogen and oxygen atoms in total. The highest BCUT2D eigenvalue weighted by Crippen LogP contribution is 2.14. The minimum atomic E-state index is -0.797. The van der Waals surface area contributed by atoms with Gasteiger partial charge in [-0.15, -0.1) is 0 Å². The van der Waals surface area contributed by atoms with Gasteiger partial charge in [0, 0.05) is 19.3 Å². The summed E-state index contributed by atoms with van der Waals surface area (Å²) in [5, 5.41) is 0. The number of ether oxygens (including phenoxy) is 3. The van der Waals surface area contributed by atoms with Crippen molar-refractivity contribution in [3.05, 3.63) is 72.9 Å². The molecule has 6 heteroatoms. The van der Waals surface area contributed by atoms with Crippen molar-refractivity contribution in [3.8, 4) is 0 Å². The van der Waals surface area contributed by atoms with Gasteiger partial charge in [0.25, 0.3) is 0 Å². The second kappa shape index (κ2) is 49.5. The molecule has 0 saturated carbocycles. The van der Waals surface area contributed by atoms with Crippen molar-refractivity contribution in [1.29, 1.82) is 0 Å². The van der Waals surface area contributed by atoms with E-state index in [0.717, 1.165) is 109 Å². The minimum Gasteiger partial charge on any atom is -0.462 e. The largest absolute Gasteiger partial charge is 0.462 e. The SMILES string of the molecule is CC/C=C\C/C=C\C/C=C\C/C=C\CCCCC(=O)OC[C@@H](COC(=O)CCCCCCCCCCCCCCC)OC(=O)CCCCCCC/C=C\C/C=C\CCCCC. The Balaban J connectivity index is 4.47. The first-order valence-electron chi connectivity index (χ1n) is 25.4. The van der Waals surface area contributed by atoms with Gasteiger partial charge < -0.3 is 14.2 Å². The molecular formula is C55H94O6. The highest BCUT2D eigenvalue weighted by atomic mass is 16.6. The number of carbonyl (C=O) groups is 3. The van der Waals surface area contributed by atoms with Crippen LogP contribution in [-0.4, -0.2) is 37.2 Å². The molecule has 0 aliphatic rings. The van der Waals surface area contributed by atoms with Gasteiger partial charge >= 0.3 is 17.9 Å². The number of unbranched alkanes of at least 4 members (excludes halogenated alkanes) is 22. The van der Waals surface area contributed by atoms with E-state index in [4.69, 9.17) is 14.2 Å². The first-order valence-corrected chi connectivity index (χ1v) is 25.4. The molecule has 1 atom stereocenters. The van der Waals surface area contributed by atoms with E-state index < -0.39 is 6.10 Å². The fourth-order valence-electron chi connectivity index (χ4n) is 6.87. The molecule has 0 aromatic heterocycles. The van der Waals surface area contributed by atoms with Crippen LogP contribution in [0.3, 0.4) is 0 Å². The van der Waals surface area contributed by atoms with Crippen LogP contribution in [-0.2, 0) is 28.6 Å². The summed E-state index contributed by atoms with van der Waals surface area (Å²) >= 11 is 0. The normalized spacial score (nSPS) is 12.6. The van der Waals surface area contributed by atoms with Gasteiger partial charge in [0.2, 0.25) is 0 Å². The fraction of sp³-hybridized carbons (Fsp3) is 0.727. The summed E-state index contributed by atoms with van der Waals surface area (Å²) in [7, 11) is 0. The smallest absolute Gasteiger partial charge is 0.306 e. The summed E-state index contributed by atoms with van der Waals surface area (Å²) in [6.45, 7) is 6.45. The van der Waals surface area contributed by atoms with Crippen molar-refractivity contribution in [1.82, 2.24) is 0 Å². The predicted molar refractivity (Wildman–Crippen MR) is 261 cm³/mol. The number of rotatable bonds is 45. The lowest BCUT2D eigenvalue weighted by atomic mass is 10.0. The molecule has 0 heterocycles. The minimum absolute atomic E-state index is 0.0930. The molecule has 61 heavy (non-hydrogen) atoms. The molecule has 0 N–H and O–H groups in total. The Labute approximate surface area is 376 Å². The van der Waals surface area contributed by atoms with Crippen LogP contribution in [0.5, 0.6) is 0 Å². The number of hydrogen-bond donors (Lipinski definition) is 0. The van der Waals surface area contributed by atoms with Crippen LogP contribution in [0, 0.1) is 0 Å². The molecule has 0 aliphatic heterocycles. The second-order valence-electron chi connectivity index (χ2n) is 16.7. The van der Waals surface area contributed by atoms with Crippen LogP contribution >= 0.6 is 0 Å². The highest BCUT2D eigenvalue weighted by molar-refractivity contribution is 5.71. The third-order valence-corrected chi connectivity index (χ3v) is 10.7. The molecule has 0 radical (unpaired) electrons. The van der Waals surface area contributed by atoms with Crippen LogP contribution in [0.2, 0.25) is 0 Å². The zero-order valence-corrected chi connectivity index (χ0v) is 39.9. The molecule has 0 aromatic carbocycles. The van der Waals surface area contributed by atoms with Crippen LogP contribution < -0.4 is 0 Å². The number of hydrogen-bond acceptors (Lipinski definition) is 6. The molecule has 0 saturated heterocycles. The molecule has 0 bridgehead atoms. The Bertz CT molecular complexity index is 1160. The van der Waals surface area contributed by atoms with Gasteiger partial charge in [-0.2, -0.15) is 0 Å². The zero-order valence-electron chi connectivity index (χ0n) is 39.9. The lowest BCUT2D eigenvalue weighted by Crippen LogP contribution is -2.30. The summed E-state index contributed by atoms with van der Waals surface area (Å²) in [5.41, 5.74) is 0. The summed E-state index contributed by atoms with van der Waals surface area (Å²) in [5.74, 6) is -0.949. The summed E-state index contributed by atoms with van der Waals surface area (Å²) in [6.07, 6.45) is 61.7. The van der Waals surface area contributed by atoms with E-state index in [1.54, 1.807) is 0 Å². The molecule has 0 rings (SSSR count). The fourth-order valence-corrected chi connectivity index (χ4v) is 6.87. The standard InChI is InChI=1S/C55H94O6/c1-4-7-10-13-16-19-22-25-27-30-33-36-39-42-45-48-54(57)60-51-52(50-59-53(56)47-44-41-38-35-32-29-24-21-18-15-12-9-6-3)61-55(58)49-46-43-40-37-34-31-28-26-23-20-17-14-11-8-5-2/h7,10,16-17,19-20,25-28,33,36,52H,4-6,8-9,11-15,18,21-24,29-32,34-35,37-51H2,1-3H3/b10-7-,19-16-,20-17-,27-25-,28-26-,36-33-/t52-/m1/s1.